The van der Waals surface area contributed by atoms with E-state index in [1.807, 2.05) is 78.4 Å². The number of ether oxygens (including phenoxy) is 1. The van der Waals surface area contributed by atoms with Crippen molar-refractivity contribution < 1.29 is 54.5 Å². The summed E-state index contributed by atoms with van der Waals surface area (Å²) in [5.41, 5.74) is 4.56. The normalized spacial score (nSPS) is 19.8. The van der Waals surface area contributed by atoms with Crippen LogP contribution in [0.2, 0.25) is 0 Å². The Morgan fingerprint density at radius 1 is 0.588 bits per heavy atom. The first kappa shape index (κ1) is 55.5. The molecule has 4 heterocycles. The van der Waals surface area contributed by atoms with Gasteiger partial charge in [-0.1, -0.05) is 102 Å². The number of carbonyl (C=O) groups excluding carboxylic acids is 1. The molecule has 2 aliphatic carbocycles. The van der Waals surface area contributed by atoms with Gasteiger partial charge in [0.1, 0.15) is 11.4 Å². The van der Waals surface area contributed by atoms with E-state index in [0.29, 0.717) is 49.3 Å². The van der Waals surface area contributed by atoms with E-state index in [2.05, 4.69) is 14.8 Å². The standard InChI is InChI=1S/C28H41N3O3.C26H37N3O3.Na.H2O/c1-3-34-27(32)20-21(2)19-25-28(33)31(26-14-10-9-13-24(26)29-25)23-15-17-30(18-16-23)22-11-7-5-4-6-8-12-22;1-19(18-25(30)31)17-23-26(32)29(24-12-8-7-11-22(24)27-23)21-13-15-28(16-14-21)20-9-5-3-2-4-6-10-20;;/h9-10,13-14,21-23H,3-8,11-12,15-20H2,1-2H3;7-8,11-12,19-21H,2-6,9-10,13-18H2,1H3,(H,30,31);;1H2/q;;+1;/p-1. The number of aliphatic carboxylic acids is 1. The summed E-state index contributed by atoms with van der Waals surface area (Å²) in [6.45, 7) is 10.3. The molecule has 68 heavy (non-hydrogen) atoms. The van der Waals surface area contributed by atoms with Crippen LogP contribution >= 0.6 is 0 Å². The van der Waals surface area contributed by atoms with E-state index in [9.17, 15) is 19.2 Å². The number of fused-ring (bicyclic) bond motifs is 2. The minimum atomic E-state index is -0.833. The Morgan fingerprint density at radius 3 is 1.34 bits per heavy atom. The van der Waals surface area contributed by atoms with Gasteiger partial charge in [-0.15, -0.1) is 0 Å². The Hall–Kier alpha value is -3.46. The first-order valence-electron chi connectivity index (χ1n) is 25.9. The number of carbonyl (C=O) groups is 2. The topological polar surface area (TPSA) is 170 Å². The Morgan fingerprint density at radius 2 is 0.956 bits per heavy atom. The first-order chi connectivity index (χ1) is 32.1. The van der Waals surface area contributed by atoms with Crippen molar-refractivity contribution >= 4 is 34.0 Å². The summed E-state index contributed by atoms with van der Waals surface area (Å²) in [6, 6.07) is 17.7. The number of para-hydroxylation sites is 4. The fourth-order valence-electron chi connectivity index (χ4n) is 11.6. The summed E-state index contributed by atoms with van der Waals surface area (Å²) < 4.78 is 9.09. The number of nitrogens with zero attached hydrogens (tertiary/aromatic N) is 6. The van der Waals surface area contributed by atoms with Gasteiger partial charge in [0, 0.05) is 63.2 Å². The van der Waals surface area contributed by atoms with Crippen LogP contribution in [0.1, 0.15) is 173 Å². The SMILES string of the molecule is CC(CC(=O)O)Cc1nc2ccccc2n(C2CCN(C3CCCCCCC3)CC2)c1=O.CCOC(=O)CC(C)Cc1nc2ccccc2n(C2CCN(C3CCCCCCC3)CC2)c1=O.[Na+].[OH-]. The van der Waals surface area contributed by atoms with Crippen molar-refractivity contribution in [2.45, 2.75) is 186 Å². The summed E-state index contributed by atoms with van der Waals surface area (Å²) in [5.74, 6) is -1.16. The first-order valence-corrected chi connectivity index (χ1v) is 25.9. The molecule has 2 saturated heterocycles. The maximum Gasteiger partial charge on any atom is 1.00 e. The number of piperidine rings is 2. The summed E-state index contributed by atoms with van der Waals surface area (Å²) in [6.07, 6.45) is 24.2. The molecule has 2 aromatic heterocycles. The van der Waals surface area contributed by atoms with Gasteiger partial charge >= 0.3 is 41.5 Å². The molecule has 13 nitrogen and oxygen atoms in total. The Balaban J connectivity index is 0.000000247. The number of benzene rings is 2. The summed E-state index contributed by atoms with van der Waals surface area (Å²) in [5, 5.41) is 9.12. The molecule has 14 heteroatoms. The molecule has 8 rings (SSSR count). The molecule has 2 atom stereocenters. The molecule has 4 aromatic rings. The van der Waals surface area contributed by atoms with Crippen LogP contribution in [0.4, 0.5) is 0 Å². The molecule has 0 amide bonds. The van der Waals surface area contributed by atoms with Gasteiger partial charge in [0.05, 0.1) is 28.7 Å². The zero-order valence-electron chi connectivity index (χ0n) is 41.8. The summed E-state index contributed by atoms with van der Waals surface area (Å²) in [4.78, 5) is 65.0. The second-order valence-corrected chi connectivity index (χ2v) is 20.2. The van der Waals surface area contributed by atoms with Gasteiger partial charge in [-0.25, -0.2) is 9.97 Å². The number of aromatic nitrogens is 4. The number of carboxylic acids is 1. The van der Waals surface area contributed by atoms with Crippen molar-refractivity contribution in [3.05, 3.63) is 80.6 Å². The number of hydrogen-bond acceptors (Lipinski definition) is 10. The smallest absolute Gasteiger partial charge is 0.870 e. The average molecular weight is 947 g/mol. The van der Waals surface area contributed by atoms with Gasteiger partial charge in [0.15, 0.2) is 0 Å². The number of rotatable bonds is 13. The van der Waals surface area contributed by atoms with Gasteiger partial charge in [0.2, 0.25) is 0 Å². The molecule has 2 unspecified atom stereocenters. The average Bonchev–Trinajstić information content (AvgIpc) is 3.27. The van der Waals surface area contributed by atoms with Gasteiger partial charge in [-0.3, -0.25) is 19.2 Å². The van der Waals surface area contributed by atoms with Gasteiger partial charge in [-0.2, -0.15) is 0 Å². The number of esters is 1. The molecule has 2 saturated carbocycles. The van der Waals surface area contributed by atoms with Crippen LogP contribution < -0.4 is 40.7 Å². The second kappa shape index (κ2) is 27.8. The molecular formula is C54H79N6NaO7. The van der Waals surface area contributed by atoms with Gasteiger partial charge in [-0.05, 0) is 107 Å². The molecule has 368 valence electrons. The molecule has 0 spiro atoms. The van der Waals surface area contributed by atoms with E-state index in [0.717, 1.165) is 73.9 Å². The van der Waals surface area contributed by atoms with Gasteiger partial charge < -0.3 is 34.3 Å². The number of likely N-dealkylation sites (tertiary alicyclic amines) is 2. The van der Waals surface area contributed by atoms with Crippen molar-refractivity contribution in [3.8, 4) is 0 Å². The second-order valence-electron chi connectivity index (χ2n) is 20.2. The molecular weight excluding hydrogens is 868 g/mol. The van der Waals surface area contributed by atoms with Crippen molar-refractivity contribution in [1.29, 1.82) is 0 Å². The monoisotopic (exact) mass is 947 g/mol. The predicted molar refractivity (Wildman–Crippen MR) is 265 cm³/mol. The zero-order chi connectivity index (χ0) is 46.4. The van der Waals surface area contributed by atoms with Crippen LogP contribution in [0.15, 0.2) is 58.1 Å². The van der Waals surface area contributed by atoms with E-state index in [-0.39, 0.29) is 82.5 Å². The van der Waals surface area contributed by atoms with Crippen molar-refractivity contribution in [3.63, 3.8) is 0 Å². The van der Waals surface area contributed by atoms with Crippen LogP contribution in [-0.4, -0.2) is 96.3 Å². The molecule has 4 fully saturated rings. The maximum atomic E-state index is 13.7. The predicted octanol–water partition coefficient (Wildman–Crippen LogP) is 6.90. The van der Waals surface area contributed by atoms with Crippen LogP contribution in [0.3, 0.4) is 0 Å². The molecule has 2 N–H and O–H groups in total. The van der Waals surface area contributed by atoms with Crippen molar-refractivity contribution in [1.82, 2.24) is 28.9 Å². The van der Waals surface area contributed by atoms with Crippen molar-refractivity contribution in [2.75, 3.05) is 32.8 Å². The van der Waals surface area contributed by atoms with Crippen molar-refractivity contribution in [2.24, 2.45) is 11.8 Å². The van der Waals surface area contributed by atoms with E-state index < -0.39 is 5.97 Å². The minimum Gasteiger partial charge on any atom is -0.870 e. The Labute approximate surface area is 426 Å². The number of hydrogen-bond donors (Lipinski definition) is 1. The van der Waals surface area contributed by atoms with E-state index in [1.54, 1.807) is 0 Å². The molecule has 2 aromatic carbocycles. The summed E-state index contributed by atoms with van der Waals surface area (Å²) in [7, 11) is 0. The van der Waals surface area contributed by atoms with E-state index in [4.69, 9.17) is 14.8 Å². The van der Waals surface area contributed by atoms with Crippen LogP contribution in [-0.2, 0) is 27.2 Å². The maximum absolute atomic E-state index is 13.7. The van der Waals surface area contributed by atoms with Crippen LogP contribution in [0.5, 0.6) is 0 Å². The third-order valence-electron chi connectivity index (χ3n) is 15.1. The fraction of sp³-hybridized carbons (Fsp3) is 0.667. The third kappa shape index (κ3) is 15.0. The van der Waals surface area contributed by atoms with Crippen LogP contribution in [0.25, 0.3) is 22.1 Å². The van der Waals surface area contributed by atoms with Crippen LogP contribution in [0, 0.1) is 11.8 Å². The summed E-state index contributed by atoms with van der Waals surface area (Å²) >= 11 is 0. The Bertz CT molecular complexity index is 2300. The third-order valence-corrected chi connectivity index (χ3v) is 15.1. The molecule has 4 aliphatic rings. The van der Waals surface area contributed by atoms with Gasteiger partial charge in [0.25, 0.3) is 11.1 Å². The largest absolute Gasteiger partial charge is 1.00 e. The zero-order valence-corrected chi connectivity index (χ0v) is 43.8. The Kier molecular flexibility index (Phi) is 22.7. The minimum absolute atomic E-state index is 0. The van der Waals surface area contributed by atoms with E-state index in [1.165, 1.54) is 89.9 Å². The number of carboxylic acid groups (broad SMARTS) is 1. The molecule has 0 radical (unpaired) electrons. The molecule has 2 aliphatic heterocycles. The quantitative estimate of drug-likeness (QED) is 0.109. The molecule has 0 bridgehead atoms. The fourth-order valence-corrected chi connectivity index (χ4v) is 11.6. The van der Waals surface area contributed by atoms with E-state index >= 15 is 0 Å².